The molecule has 0 aliphatic carbocycles. The molecule has 0 N–H and O–H groups in total. The maximum atomic E-state index is 10.8. The average molecular weight is 700 g/mol. The standard InChI is InChI=1S/C50H29N5/c51-30-32-21-25-49-42(27-32)40-14-4-6-16-44(40)54(49)35-23-26-50-43(29-35)41-15-5-7-17-45(41)53(50)34-22-24-36(33(28-34)31-52)37-11-1-8-18-46(37)55-47-19-9-2-12-38(47)39-13-3-10-20-48(39)55/h1-29H. The molecule has 0 radical (unpaired) electrons. The van der Waals surface area contributed by atoms with Gasteiger partial charge in [-0.1, -0.05) is 97.1 Å². The molecule has 8 aromatic carbocycles. The molecule has 5 heteroatoms. The van der Waals surface area contributed by atoms with Crippen molar-refractivity contribution < 1.29 is 0 Å². The molecule has 0 saturated carbocycles. The van der Waals surface area contributed by atoms with Crippen LogP contribution < -0.4 is 0 Å². The molecule has 11 rings (SSSR count). The zero-order chi connectivity index (χ0) is 36.6. The number of hydrogen-bond acceptors (Lipinski definition) is 2. The first-order valence-corrected chi connectivity index (χ1v) is 18.3. The van der Waals surface area contributed by atoms with Crippen molar-refractivity contribution in [3.63, 3.8) is 0 Å². The van der Waals surface area contributed by atoms with Crippen molar-refractivity contribution >= 4 is 65.4 Å². The van der Waals surface area contributed by atoms with Gasteiger partial charge in [-0.25, -0.2) is 0 Å². The minimum atomic E-state index is 0.607. The molecule has 0 saturated heterocycles. The van der Waals surface area contributed by atoms with E-state index in [1.165, 1.54) is 10.8 Å². The highest BCUT2D eigenvalue weighted by Crippen LogP contribution is 2.40. The first-order valence-electron chi connectivity index (χ1n) is 18.3. The van der Waals surface area contributed by atoms with Gasteiger partial charge in [-0.15, -0.1) is 0 Å². The van der Waals surface area contributed by atoms with Gasteiger partial charge in [0.25, 0.3) is 0 Å². The summed E-state index contributed by atoms with van der Waals surface area (Å²) >= 11 is 0. The first-order chi connectivity index (χ1) is 27.2. The normalized spacial score (nSPS) is 11.6. The van der Waals surface area contributed by atoms with Crippen LogP contribution in [-0.2, 0) is 0 Å². The Balaban J connectivity index is 1.10. The zero-order valence-corrected chi connectivity index (χ0v) is 29.5. The minimum Gasteiger partial charge on any atom is -0.309 e. The van der Waals surface area contributed by atoms with E-state index in [4.69, 9.17) is 0 Å². The van der Waals surface area contributed by atoms with Gasteiger partial charge < -0.3 is 13.7 Å². The average Bonchev–Trinajstić information content (AvgIpc) is 3.88. The van der Waals surface area contributed by atoms with Crippen LogP contribution in [0.2, 0.25) is 0 Å². The van der Waals surface area contributed by atoms with E-state index in [9.17, 15) is 10.5 Å². The summed E-state index contributed by atoms with van der Waals surface area (Å²) in [6.45, 7) is 0. The van der Waals surface area contributed by atoms with Crippen LogP contribution in [0.25, 0.3) is 93.6 Å². The summed E-state index contributed by atoms with van der Waals surface area (Å²) in [6, 6.07) is 65.9. The molecule has 0 aliphatic heterocycles. The maximum absolute atomic E-state index is 10.8. The fourth-order valence-corrected chi connectivity index (χ4v) is 8.78. The van der Waals surface area contributed by atoms with E-state index < -0.39 is 0 Å². The Morgan fingerprint density at radius 2 is 0.782 bits per heavy atom. The summed E-state index contributed by atoms with van der Waals surface area (Å²) < 4.78 is 6.87. The van der Waals surface area contributed by atoms with E-state index in [1.807, 2.05) is 36.4 Å². The Labute approximate surface area is 316 Å². The molecule has 0 spiro atoms. The first kappa shape index (κ1) is 30.7. The van der Waals surface area contributed by atoms with Crippen LogP contribution in [0.15, 0.2) is 176 Å². The molecular weight excluding hydrogens is 671 g/mol. The van der Waals surface area contributed by atoms with E-state index >= 15 is 0 Å². The molecule has 0 bridgehead atoms. The lowest BCUT2D eigenvalue weighted by atomic mass is 9.97. The van der Waals surface area contributed by atoms with Crippen LogP contribution in [0.4, 0.5) is 0 Å². The summed E-state index contributed by atoms with van der Waals surface area (Å²) in [6.07, 6.45) is 0. The SMILES string of the molecule is N#Cc1ccc2c(c1)c1ccccc1n2-c1ccc2c(c1)c1ccccc1n2-c1ccc(-c2ccccc2-n2c3ccccc3c3ccccc32)c(C#N)c1. The zero-order valence-electron chi connectivity index (χ0n) is 29.5. The summed E-state index contributed by atoms with van der Waals surface area (Å²) in [5, 5.41) is 27.2. The largest absolute Gasteiger partial charge is 0.309 e. The Morgan fingerprint density at radius 1 is 0.327 bits per heavy atom. The Morgan fingerprint density at radius 3 is 1.38 bits per heavy atom. The van der Waals surface area contributed by atoms with E-state index in [0.717, 1.165) is 82.8 Å². The summed E-state index contributed by atoms with van der Waals surface area (Å²) in [5.74, 6) is 0. The van der Waals surface area contributed by atoms with Gasteiger partial charge in [-0.05, 0) is 78.9 Å². The molecule has 0 atom stereocenters. The predicted molar refractivity (Wildman–Crippen MR) is 224 cm³/mol. The fourth-order valence-electron chi connectivity index (χ4n) is 8.78. The molecule has 0 aliphatic rings. The van der Waals surface area contributed by atoms with Crippen molar-refractivity contribution in [2.45, 2.75) is 0 Å². The molecule has 11 aromatic rings. The van der Waals surface area contributed by atoms with Gasteiger partial charge in [0.2, 0.25) is 0 Å². The Kier molecular flexibility index (Phi) is 6.61. The Bertz CT molecular complexity index is 3420. The van der Waals surface area contributed by atoms with Crippen molar-refractivity contribution in [2.24, 2.45) is 0 Å². The number of rotatable bonds is 4. The third-order valence-electron chi connectivity index (χ3n) is 11.1. The maximum Gasteiger partial charge on any atom is 0.0998 e. The smallest absolute Gasteiger partial charge is 0.0998 e. The molecule has 5 nitrogen and oxygen atoms in total. The third-order valence-corrected chi connectivity index (χ3v) is 11.1. The van der Waals surface area contributed by atoms with Crippen molar-refractivity contribution in [1.29, 1.82) is 10.5 Å². The second-order valence-corrected chi connectivity index (χ2v) is 14.0. The minimum absolute atomic E-state index is 0.607. The molecule has 0 fully saturated rings. The molecule has 0 amide bonds. The number of para-hydroxylation sites is 5. The third kappa shape index (κ3) is 4.45. The van der Waals surface area contributed by atoms with Gasteiger partial charge >= 0.3 is 0 Å². The topological polar surface area (TPSA) is 62.4 Å². The van der Waals surface area contributed by atoms with E-state index in [0.29, 0.717) is 11.1 Å². The monoisotopic (exact) mass is 699 g/mol. The van der Waals surface area contributed by atoms with Crippen LogP contribution in [0.1, 0.15) is 11.1 Å². The molecule has 55 heavy (non-hydrogen) atoms. The van der Waals surface area contributed by atoms with Crippen molar-refractivity contribution in [3.8, 4) is 40.3 Å². The van der Waals surface area contributed by atoms with Crippen LogP contribution in [0, 0.1) is 22.7 Å². The number of aromatic nitrogens is 3. The quantitative estimate of drug-likeness (QED) is 0.184. The lowest BCUT2D eigenvalue weighted by Crippen LogP contribution is -2.00. The number of nitriles is 2. The van der Waals surface area contributed by atoms with Gasteiger partial charge in [0.1, 0.15) is 0 Å². The van der Waals surface area contributed by atoms with Gasteiger partial charge in [0.15, 0.2) is 0 Å². The van der Waals surface area contributed by atoms with E-state index in [-0.39, 0.29) is 0 Å². The van der Waals surface area contributed by atoms with E-state index in [2.05, 4.69) is 165 Å². The van der Waals surface area contributed by atoms with E-state index in [1.54, 1.807) is 0 Å². The Hall–Kier alpha value is -7.86. The summed E-state index contributed by atoms with van der Waals surface area (Å²) in [4.78, 5) is 0. The molecular formula is C50H29N5. The molecule has 3 heterocycles. The van der Waals surface area contributed by atoms with Crippen LogP contribution in [-0.4, -0.2) is 13.7 Å². The van der Waals surface area contributed by atoms with Crippen LogP contribution in [0.5, 0.6) is 0 Å². The highest BCUT2D eigenvalue weighted by Gasteiger charge is 2.20. The molecule has 254 valence electrons. The highest BCUT2D eigenvalue weighted by atomic mass is 15.0. The van der Waals surface area contributed by atoms with Gasteiger partial charge in [-0.2, -0.15) is 10.5 Å². The fraction of sp³-hybridized carbons (Fsp3) is 0. The second-order valence-electron chi connectivity index (χ2n) is 14.0. The van der Waals surface area contributed by atoms with Crippen molar-refractivity contribution in [2.75, 3.05) is 0 Å². The number of fused-ring (bicyclic) bond motifs is 9. The lowest BCUT2D eigenvalue weighted by Gasteiger charge is -2.16. The predicted octanol–water partition coefficient (Wildman–Crippen LogP) is 12.4. The van der Waals surface area contributed by atoms with Crippen molar-refractivity contribution in [3.05, 3.63) is 187 Å². The number of nitrogens with zero attached hydrogens (tertiary/aromatic N) is 5. The number of hydrogen-bond donors (Lipinski definition) is 0. The molecule has 0 unspecified atom stereocenters. The number of benzene rings is 8. The second kappa shape index (κ2) is 11.8. The van der Waals surface area contributed by atoms with Crippen LogP contribution >= 0.6 is 0 Å². The van der Waals surface area contributed by atoms with Crippen LogP contribution in [0.3, 0.4) is 0 Å². The molecule has 3 aromatic heterocycles. The van der Waals surface area contributed by atoms with Gasteiger partial charge in [-0.3, -0.25) is 0 Å². The highest BCUT2D eigenvalue weighted by molar-refractivity contribution is 6.13. The summed E-state index contributed by atoms with van der Waals surface area (Å²) in [7, 11) is 0. The van der Waals surface area contributed by atoms with Gasteiger partial charge in [0, 0.05) is 54.8 Å². The van der Waals surface area contributed by atoms with Crippen molar-refractivity contribution in [1.82, 2.24) is 13.7 Å². The summed E-state index contributed by atoms with van der Waals surface area (Å²) in [5.41, 5.74) is 12.7. The van der Waals surface area contributed by atoms with Gasteiger partial charge in [0.05, 0.1) is 62.1 Å². The lowest BCUT2D eigenvalue weighted by molar-refractivity contribution is 1.16.